The van der Waals surface area contributed by atoms with E-state index in [2.05, 4.69) is 24.5 Å². The van der Waals surface area contributed by atoms with Gasteiger partial charge in [-0.3, -0.25) is 9.29 Å². The number of carbonyl (C=O) groups is 1. The molecule has 1 N–H and O–H groups in total. The Balaban J connectivity index is 1.17. The molecule has 1 aliphatic heterocycles. The maximum absolute atomic E-state index is 14.3. The van der Waals surface area contributed by atoms with Gasteiger partial charge >= 0.3 is 12.6 Å². The molecule has 2 aromatic carbocycles. The number of pyridine rings is 1. The second-order valence-electron chi connectivity index (χ2n) is 11.6. The number of halogens is 4. The number of alkyl halides is 3. The quantitative estimate of drug-likeness (QED) is 0.204. The molecule has 0 radical (unpaired) electrons. The molecule has 10 nitrogen and oxygen atoms in total. The minimum absolute atomic E-state index is 0.0511. The van der Waals surface area contributed by atoms with Gasteiger partial charge in [0, 0.05) is 49.8 Å². The van der Waals surface area contributed by atoms with E-state index in [0.717, 1.165) is 12.1 Å². The number of ether oxygens (including phenoxy) is 2. The average Bonchev–Trinajstić information content (AvgIpc) is 3.75. The van der Waals surface area contributed by atoms with Crippen LogP contribution in [0.4, 0.5) is 23.4 Å². The number of piperazine rings is 1. The molecule has 0 spiro atoms. The number of benzene rings is 2. The Morgan fingerprint density at radius 2 is 1.87 bits per heavy atom. The van der Waals surface area contributed by atoms with E-state index in [-0.39, 0.29) is 35.5 Å². The minimum atomic E-state index is -3.18. The van der Waals surface area contributed by atoms with E-state index >= 15 is 0 Å². The molecule has 2 aliphatic rings. The van der Waals surface area contributed by atoms with Crippen LogP contribution >= 0.6 is 0 Å². The molecule has 14 heteroatoms. The first kappa shape index (κ1) is 31.1. The highest BCUT2D eigenvalue weighted by molar-refractivity contribution is 5.95. The summed E-state index contributed by atoms with van der Waals surface area (Å²) in [7, 11) is 0. The number of fused-ring (bicyclic) bond motifs is 1. The van der Waals surface area contributed by atoms with Gasteiger partial charge in [0.2, 0.25) is 5.88 Å². The zero-order valence-electron chi connectivity index (χ0n) is 24.6. The number of nitriles is 1. The highest BCUT2D eigenvalue weighted by atomic mass is 19.3. The first-order valence-electron chi connectivity index (χ1n) is 14.7. The summed E-state index contributed by atoms with van der Waals surface area (Å²) in [5.74, 6) is -0.664. The molecule has 4 aromatic rings. The lowest BCUT2D eigenvalue weighted by Crippen LogP contribution is -2.46. The van der Waals surface area contributed by atoms with Crippen molar-refractivity contribution in [1.82, 2.24) is 19.4 Å². The van der Waals surface area contributed by atoms with Gasteiger partial charge in [-0.15, -0.1) is 0 Å². The molecule has 2 fully saturated rings. The van der Waals surface area contributed by atoms with Crippen LogP contribution in [-0.4, -0.2) is 70.0 Å². The Labute approximate surface area is 261 Å². The highest BCUT2D eigenvalue weighted by Gasteiger charge is 2.44. The van der Waals surface area contributed by atoms with E-state index in [1.807, 2.05) is 12.1 Å². The fourth-order valence-corrected chi connectivity index (χ4v) is 5.57. The van der Waals surface area contributed by atoms with E-state index in [1.165, 1.54) is 18.2 Å². The van der Waals surface area contributed by atoms with Crippen molar-refractivity contribution in [1.29, 1.82) is 5.26 Å². The predicted octanol–water partition coefficient (Wildman–Crippen LogP) is 5.39. The number of hydrogen-bond donors (Lipinski definition) is 1. The van der Waals surface area contributed by atoms with Crippen molar-refractivity contribution in [3.8, 4) is 17.7 Å². The highest BCUT2D eigenvalue weighted by Crippen LogP contribution is 2.48. The van der Waals surface area contributed by atoms with Gasteiger partial charge in [-0.2, -0.15) is 19.0 Å². The lowest BCUT2D eigenvalue weighted by atomic mass is 10.1. The first-order chi connectivity index (χ1) is 22.2. The van der Waals surface area contributed by atoms with Gasteiger partial charge in [0.1, 0.15) is 29.6 Å². The summed E-state index contributed by atoms with van der Waals surface area (Å²) in [6.45, 7) is -0.820. The second-order valence-corrected chi connectivity index (χ2v) is 11.6. The number of rotatable bonds is 12. The van der Waals surface area contributed by atoms with Crippen LogP contribution in [-0.2, 0) is 19.7 Å². The number of aromatic nitrogens is 3. The molecule has 240 valence electrons. The van der Waals surface area contributed by atoms with Gasteiger partial charge in [-0.05, 0) is 43.2 Å². The summed E-state index contributed by atoms with van der Waals surface area (Å²) in [4.78, 5) is 25.2. The van der Waals surface area contributed by atoms with Crippen LogP contribution in [0.1, 0.15) is 40.2 Å². The second kappa shape index (κ2) is 12.8. The van der Waals surface area contributed by atoms with Gasteiger partial charge in [-0.25, -0.2) is 14.2 Å². The van der Waals surface area contributed by atoms with Crippen molar-refractivity contribution in [2.45, 2.75) is 39.1 Å². The maximum atomic E-state index is 14.3. The maximum Gasteiger partial charge on any atom is 0.387 e. The zero-order chi connectivity index (χ0) is 32.4. The summed E-state index contributed by atoms with van der Waals surface area (Å²) < 4.78 is 66.9. The van der Waals surface area contributed by atoms with Crippen LogP contribution in [0.2, 0.25) is 0 Å². The van der Waals surface area contributed by atoms with E-state index in [1.54, 1.807) is 16.7 Å². The smallest absolute Gasteiger partial charge is 0.387 e. The molecule has 0 unspecified atom stereocenters. The molecule has 1 aliphatic carbocycles. The molecule has 46 heavy (non-hydrogen) atoms. The Kier molecular flexibility index (Phi) is 8.68. The van der Waals surface area contributed by atoms with Gasteiger partial charge in [-0.1, -0.05) is 12.1 Å². The minimum Gasteiger partial charge on any atom is -0.478 e. The zero-order valence-corrected chi connectivity index (χ0v) is 24.6. The molecule has 0 bridgehead atoms. The van der Waals surface area contributed by atoms with Crippen molar-refractivity contribution >= 4 is 22.8 Å². The van der Waals surface area contributed by atoms with Crippen molar-refractivity contribution < 1.29 is 36.9 Å². The van der Waals surface area contributed by atoms with Crippen LogP contribution in [0, 0.1) is 22.6 Å². The van der Waals surface area contributed by atoms with Crippen LogP contribution in [0.15, 0.2) is 48.5 Å². The predicted molar refractivity (Wildman–Crippen MR) is 158 cm³/mol. The van der Waals surface area contributed by atoms with E-state index in [4.69, 9.17) is 10.00 Å². The van der Waals surface area contributed by atoms with E-state index in [9.17, 15) is 27.5 Å². The fourth-order valence-electron chi connectivity index (χ4n) is 5.57. The SMILES string of the molecule is N#Cc1ccc(COc2cccc(N3CCN(Cc4nc5c(OC(F)F)cc(C(=O)O)cc5n4CC4(CF)CC4)CC3)n2)c(F)c1. The van der Waals surface area contributed by atoms with E-state index < -0.39 is 30.5 Å². The molecule has 6 rings (SSSR count). The largest absolute Gasteiger partial charge is 0.478 e. The summed E-state index contributed by atoms with van der Waals surface area (Å²) in [5, 5.41) is 18.6. The summed E-state index contributed by atoms with van der Waals surface area (Å²) in [6, 6.07) is 13.8. The Bertz CT molecular complexity index is 1800. The number of carboxylic acids is 1. The van der Waals surface area contributed by atoms with E-state index in [0.29, 0.717) is 74.2 Å². The van der Waals surface area contributed by atoms with Crippen molar-refractivity contribution in [3.63, 3.8) is 0 Å². The average molecular weight is 639 g/mol. The number of aromatic carboxylic acids is 1. The standard InChI is InChI=1S/C32H30F4N6O4/c33-18-32(6-7-32)19-42-24-13-22(30(43)44)14-25(46-31(35)36)29(24)39-27(42)16-40-8-10-41(11-9-40)26-2-1-3-28(38-26)45-17-21-5-4-20(15-37)12-23(21)34/h1-5,12-14,31H,6-11,16-19H2,(H,43,44). The third-order valence-corrected chi connectivity index (χ3v) is 8.42. The Morgan fingerprint density at radius 3 is 2.52 bits per heavy atom. The summed E-state index contributed by atoms with van der Waals surface area (Å²) in [5.41, 5.74) is 0.130. The molecule has 1 saturated carbocycles. The molecule has 3 heterocycles. The first-order valence-corrected chi connectivity index (χ1v) is 14.7. The third-order valence-electron chi connectivity index (χ3n) is 8.42. The molecule has 0 atom stereocenters. The lowest BCUT2D eigenvalue weighted by Gasteiger charge is -2.35. The number of hydrogen-bond acceptors (Lipinski definition) is 8. The fraction of sp³-hybridized carbons (Fsp3) is 0.375. The summed E-state index contributed by atoms with van der Waals surface area (Å²) >= 11 is 0. The van der Waals surface area contributed by atoms with Gasteiger partial charge < -0.3 is 24.0 Å². The van der Waals surface area contributed by atoms with Crippen LogP contribution < -0.4 is 14.4 Å². The molecular weight excluding hydrogens is 608 g/mol. The van der Waals surface area contributed by atoms with Gasteiger partial charge in [0.05, 0.1) is 35.9 Å². The number of carboxylic acid groups (broad SMARTS) is 1. The molecular formula is C32H30F4N6O4. The number of imidazole rings is 1. The van der Waals surface area contributed by atoms with Crippen LogP contribution in [0.25, 0.3) is 11.0 Å². The lowest BCUT2D eigenvalue weighted by molar-refractivity contribution is -0.0489. The number of nitrogens with zero attached hydrogens (tertiary/aromatic N) is 6. The van der Waals surface area contributed by atoms with Crippen molar-refractivity contribution in [2.75, 3.05) is 37.8 Å². The van der Waals surface area contributed by atoms with Gasteiger partial charge in [0.15, 0.2) is 5.75 Å². The topological polar surface area (TPSA) is 117 Å². The normalized spacial score (nSPS) is 16.0. The monoisotopic (exact) mass is 638 g/mol. The van der Waals surface area contributed by atoms with Crippen LogP contribution in [0.3, 0.4) is 0 Å². The molecule has 1 saturated heterocycles. The third kappa shape index (κ3) is 6.69. The van der Waals surface area contributed by atoms with Crippen LogP contribution in [0.5, 0.6) is 11.6 Å². The van der Waals surface area contributed by atoms with Crippen molar-refractivity contribution in [2.24, 2.45) is 5.41 Å². The Morgan fingerprint density at radius 1 is 1.09 bits per heavy atom. The Hall–Kier alpha value is -4.90. The molecule has 2 aromatic heterocycles. The summed E-state index contributed by atoms with van der Waals surface area (Å²) in [6.07, 6.45) is 1.33. The van der Waals surface area contributed by atoms with Crippen molar-refractivity contribution in [3.05, 3.63) is 76.9 Å². The van der Waals surface area contributed by atoms with Gasteiger partial charge in [0.25, 0.3) is 0 Å². The molecule has 0 amide bonds. The number of anilines is 1.